The van der Waals surface area contributed by atoms with Crippen molar-refractivity contribution in [2.75, 3.05) is 5.32 Å². The Balaban J connectivity index is 2.06. The molecule has 2 heterocycles. The standard InChI is InChI=1S/C10H13N3S/c1-7-3-9(6-14-7)8(2)13-10-4-11-12-5-10/h3-6,8,13H,1-2H3,(H,11,12). The van der Waals surface area contributed by atoms with Gasteiger partial charge in [0.1, 0.15) is 0 Å². The van der Waals surface area contributed by atoms with Gasteiger partial charge in [-0.25, -0.2) is 0 Å². The molecule has 0 spiro atoms. The van der Waals surface area contributed by atoms with Gasteiger partial charge in [0, 0.05) is 17.1 Å². The molecule has 0 aliphatic carbocycles. The number of anilines is 1. The first-order chi connectivity index (χ1) is 6.75. The lowest BCUT2D eigenvalue weighted by atomic mass is 10.1. The van der Waals surface area contributed by atoms with E-state index in [0.717, 1.165) is 5.69 Å². The molecule has 0 aliphatic heterocycles. The molecule has 74 valence electrons. The van der Waals surface area contributed by atoms with Gasteiger partial charge < -0.3 is 5.32 Å². The Morgan fingerprint density at radius 2 is 2.43 bits per heavy atom. The van der Waals surface area contributed by atoms with Gasteiger partial charge in [-0.05, 0) is 30.9 Å². The number of hydrogen-bond acceptors (Lipinski definition) is 3. The molecule has 0 saturated heterocycles. The van der Waals surface area contributed by atoms with Crippen LogP contribution in [0.25, 0.3) is 0 Å². The smallest absolute Gasteiger partial charge is 0.0728 e. The molecule has 0 bridgehead atoms. The zero-order valence-corrected chi connectivity index (χ0v) is 9.06. The third kappa shape index (κ3) is 1.96. The topological polar surface area (TPSA) is 40.7 Å². The van der Waals surface area contributed by atoms with Gasteiger partial charge in [0.15, 0.2) is 0 Å². The summed E-state index contributed by atoms with van der Waals surface area (Å²) >= 11 is 1.78. The van der Waals surface area contributed by atoms with E-state index in [-0.39, 0.29) is 0 Å². The minimum Gasteiger partial charge on any atom is -0.376 e. The predicted octanol–water partition coefficient (Wildman–Crippen LogP) is 2.95. The number of rotatable bonds is 3. The van der Waals surface area contributed by atoms with Crippen LogP contribution >= 0.6 is 11.3 Å². The van der Waals surface area contributed by atoms with Crippen LogP contribution in [0.4, 0.5) is 5.69 Å². The number of thiophene rings is 1. The number of aromatic nitrogens is 2. The van der Waals surface area contributed by atoms with Crippen molar-refractivity contribution >= 4 is 17.0 Å². The number of aromatic amines is 1. The van der Waals surface area contributed by atoms with Crippen LogP contribution in [-0.2, 0) is 0 Å². The number of aryl methyl sites for hydroxylation is 1. The molecular formula is C10H13N3S. The third-order valence-electron chi connectivity index (χ3n) is 2.13. The van der Waals surface area contributed by atoms with Gasteiger partial charge in [-0.3, -0.25) is 5.10 Å². The molecular weight excluding hydrogens is 194 g/mol. The molecule has 0 aromatic carbocycles. The minimum atomic E-state index is 0.331. The lowest BCUT2D eigenvalue weighted by molar-refractivity contribution is 0.890. The first-order valence-corrected chi connectivity index (χ1v) is 5.44. The summed E-state index contributed by atoms with van der Waals surface area (Å²) < 4.78 is 0. The molecule has 0 radical (unpaired) electrons. The normalized spacial score (nSPS) is 12.7. The number of hydrogen-bond donors (Lipinski definition) is 2. The molecule has 2 N–H and O–H groups in total. The Bertz CT molecular complexity index is 391. The highest BCUT2D eigenvalue weighted by atomic mass is 32.1. The highest BCUT2D eigenvalue weighted by Crippen LogP contribution is 2.22. The Hall–Kier alpha value is -1.29. The fourth-order valence-electron chi connectivity index (χ4n) is 1.35. The van der Waals surface area contributed by atoms with Crippen LogP contribution in [0.2, 0.25) is 0 Å². The lowest BCUT2D eigenvalue weighted by Gasteiger charge is -2.11. The Kier molecular flexibility index (Phi) is 2.54. The summed E-state index contributed by atoms with van der Waals surface area (Å²) in [6.07, 6.45) is 3.64. The Labute approximate surface area is 87.2 Å². The molecule has 0 amide bonds. The third-order valence-corrected chi connectivity index (χ3v) is 3.01. The van der Waals surface area contributed by atoms with Crippen LogP contribution in [0, 0.1) is 6.92 Å². The summed E-state index contributed by atoms with van der Waals surface area (Å²) in [7, 11) is 0. The van der Waals surface area contributed by atoms with E-state index in [0.29, 0.717) is 6.04 Å². The molecule has 2 rings (SSSR count). The number of nitrogens with zero attached hydrogens (tertiary/aromatic N) is 1. The summed E-state index contributed by atoms with van der Waals surface area (Å²) in [4.78, 5) is 1.35. The monoisotopic (exact) mass is 207 g/mol. The van der Waals surface area contributed by atoms with Crippen molar-refractivity contribution in [1.82, 2.24) is 10.2 Å². The molecule has 2 aromatic heterocycles. The zero-order valence-electron chi connectivity index (χ0n) is 8.24. The van der Waals surface area contributed by atoms with E-state index in [2.05, 4.69) is 40.8 Å². The largest absolute Gasteiger partial charge is 0.376 e. The van der Waals surface area contributed by atoms with E-state index in [1.54, 1.807) is 17.5 Å². The van der Waals surface area contributed by atoms with Crippen LogP contribution < -0.4 is 5.32 Å². The van der Waals surface area contributed by atoms with Gasteiger partial charge in [0.05, 0.1) is 11.9 Å². The summed E-state index contributed by atoms with van der Waals surface area (Å²) in [5.41, 5.74) is 2.36. The first kappa shape index (κ1) is 9.27. The van der Waals surface area contributed by atoms with E-state index in [9.17, 15) is 0 Å². The lowest BCUT2D eigenvalue weighted by Crippen LogP contribution is -2.04. The van der Waals surface area contributed by atoms with Crippen molar-refractivity contribution in [2.24, 2.45) is 0 Å². The van der Waals surface area contributed by atoms with Gasteiger partial charge in [0.2, 0.25) is 0 Å². The molecule has 1 atom stereocenters. The highest BCUT2D eigenvalue weighted by molar-refractivity contribution is 7.10. The Morgan fingerprint density at radius 3 is 3.00 bits per heavy atom. The van der Waals surface area contributed by atoms with E-state index in [1.165, 1.54) is 10.4 Å². The fourth-order valence-corrected chi connectivity index (χ4v) is 2.15. The average Bonchev–Trinajstić information content (AvgIpc) is 2.75. The van der Waals surface area contributed by atoms with Crippen molar-refractivity contribution in [2.45, 2.75) is 19.9 Å². The second-order valence-electron chi connectivity index (χ2n) is 3.34. The fraction of sp³-hybridized carbons (Fsp3) is 0.300. The summed E-state index contributed by atoms with van der Waals surface area (Å²) in [5, 5.41) is 12.2. The van der Waals surface area contributed by atoms with Crippen LogP contribution in [0.5, 0.6) is 0 Å². The summed E-state index contributed by atoms with van der Waals surface area (Å²) in [6, 6.07) is 2.54. The van der Waals surface area contributed by atoms with E-state index in [4.69, 9.17) is 0 Å². The van der Waals surface area contributed by atoms with Gasteiger partial charge in [-0.15, -0.1) is 11.3 Å². The van der Waals surface area contributed by atoms with Crippen molar-refractivity contribution < 1.29 is 0 Å². The van der Waals surface area contributed by atoms with E-state index in [1.807, 2.05) is 6.20 Å². The van der Waals surface area contributed by atoms with Gasteiger partial charge >= 0.3 is 0 Å². The van der Waals surface area contributed by atoms with Gasteiger partial charge in [-0.1, -0.05) is 0 Å². The SMILES string of the molecule is Cc1cc(C(C)Nc2cn[nH]c2)cs1. The van der Waals surface area contributed by atoms with Crippen molar-refractivity contribution in [3.63, 3.8) is 0 Å². The quantitative estimate of drug-likeness (QED) is 0.812. The second kappa shape index (κ2) is 3.84. The van der Waals surface area contributed by atoms with Crippen molar-refractivity contribution in [3.05, 3.63) is 34.3 Å². The predicted molar refractivity (Wildman–Crippen MR) is 59.7 cm³/mol. The highest BCUT2D eigenvalue weighted by Gasteiger charge is 2.06. The Morgan fingerprint density at radius 1 is 1.57 bits per heavy atom. The van der Waals surface area contributed by atoms with Crippen LogP contribution in [0.15, 0.2) is 23.8 Å². The molecule has 1 unspecified atom stereocenters. The average molecular weight is 207 g/mol. The molecule has 3 nitrogen and oxygen atoms in total. The van der Waals surface area contributed by atoms with Gasteiger partial charge in [-0.2, -0.15) is 5.10 Å². The summed E-state index contributed by atoms with van der Waals surface area (Å²) in [5.74, 6) is 0. The maximum absolute atomic E-state index is 3.89. The van der Waals surface area contributed by atoms with E-state index >= 15 is 0 Å². The molecule has 4 heteroatoms. The molecule has 2 aromatic rings. The minimum absolute atomic E-state index is 0.331. The van der Waals surface area contributed by atoms with Crippen molar-refractivity contribution in [1.29, 1.82) is 0 Å². The van der Waals surface area contributed by atoms with E-state index < -0.39 is 0 Å². The first-order valence-electron chi connectivity index (χ1n) is 4.56. The van der Waals surface area contributed by atoms with Crippen LogP contribution in [0.1, 0.15) is 23.4 Å². The van der Waals surface area contributed by atoms with Crippen molar-refractivity contribution in [3.8, 4) is 0 Å². The second-order valence-corrected chi connectivity index (χ2v) is 4.46. The molecule has 14 heavy (non-hydrogen) atoms. The number of H-pyrrole nitrogens is 1. The molecule has 0 fully saturated rings. The van der Waals surface area contributed by atoms with Crippen LogP contribution in [0.3, 0.4) is 0 Å². The number of nitrogens with one attached hydrogen (secondary N) is 2. The maximum atomic E-state index is 3.89. The zero-order chi connectivity index (χ0) is 9.97. The van der Waals surface area contributed by atoms with Crippen LogP contribution in [-0.4, -0.2) is 10.2 Å². The summed E-state index contributed by atoms with van der Waals surface area (Å²) in [6.45, 7) is 4.27. The molecule has 0 aliphatic rings. The maximum Gasteiger partial charge on any atom is 0.0728 e. The molecule has 0 saturated carbocycles. The van der Waals surface area contributed by atoms with Gasteiger partial charge in [0.25, 0.3) is 0 Å².